The number of carbonyl (C=O) groups excluding carboxylic acids is 1. The van der Waals surface area contributed by atoms with E-state index in [2.05, 4.69) is 47.4 Å². The van der Waals surface area contributed by atoms with Gasteiger partial charge in [-0.25, -0.2) is 0 Å². The van der Waals surface area contributed by atoms with E-state index in [-0.39, 0.29) is 12.1 Å². The Bertz CT molecular complexity index is 853. The summed E-state index contributed by atoms with van der Waals surface area (Å²) in [6.07, 6.45) is 4.91. The van der Waals surface area contributed by atoms with Crippen LogP contribution in [0.5, 0.6) is 0 Å². The second kappa shape index (κ2) is 6.75. The van der Waals surface area contributed by atoms with Crippen molar-refractivity contribution >= 4 is 17.3 Å². The number of aromatic nitrogens is 1. The van der Waals surface area contributed by atoms with Crippen molar-refractivity contribution in [2.24, 2.45) is 11.7 Å². The maximum Gasteiger partial charge on any atom is 0.210 e. The fourth-order valence-electron chi connectivity index (χ4n) is 4.95. The molecule has 0 bridgehead atoms. The molecule has 1 aromatic carbocycles. The summed E-state index contributed by atoms with van der Waals surface area (Å²) < 4.78 is 0. The lowest BCUT2D eigenvalue weighted by Gasteiger charge is -2.48. The fraction of sp³-hybridized carbons (Fsp3) is 0.500. The van der Waals surface area contributed by atoms with Gasteiger partial charge in [-0.3, -0.25) is 4.79 Å². The van der Waals surface area contributed by atoms with Gasteiger partial charge in [-0.2, -0.15) is 5.26 Å². The number of nitrogens with zero attached hydrogens (tertiary/aromatic N) is 3. The minimum absolute atomic E-state index is 0.195. The first-order valence-electron chi connectivity index (χ1n) is 9.26. The van der Waals surface area contributed by atoms with Crippen LogP contribution < -0.4 is 5.73 Å². The lowest BCUT2D eigenvalue weighted by atomic mass is 9.72. The zero-order chi connectivity index (χ0) is 18.3. The molecule has 2 heterocycles. The van der Waals surface area contributed by atoms with Crippen LogP contribution in [-0.4, -0.2) is 53.5 Å². The van der Waals surface area contributed by atoms with E-state index in [1.165, 1.54) is 22.0 Å². The molecule has 6 heteroatoms. The Morgan fingerprint density at radius 1 is 1.54 bits per heavy atom. The van der Waals surface area contributed by atoms with Gasteiger partial charge in [0, 0.05) is 48.1 Å². The van der Waals surface area contributed by atoms with Crippen molar-refractivity contribution in [1.82, 2.24) is 14.8 Å². The molecular weight excluding hydrogens is 326 g/mol. The number of benzene rings is 1. The predicted molar refractivity (Wildman–Crippen MR) is 100 cm³/mol. The molecule has 3 N–H and O–H groups in total. The summed E-state index contributed by atoms with van der Waals surface area (Å²) in [5.74, 6) is 0.613. The first-order valence-corrected chi connectivity index (χ1v) is 9.26. The Labute approximate surface area is 153 Å². The van der Waals surface area contributed by atoms with Crippen LogP contribution >= 0.6 is 0 Å². The maximum absolute atomic E-state index is 11.5. The van der Waals surface area contributed by atoms with Gasteiger partial charge in [-0.15, -0.1) is 0 Å². The molecule has 1 fully saturated rings. The third-order valence-electron chi connectivity index (χ3n) is 6.24. The van der Waals surface area contributed by atoms with Crippen LogP contribution in [0.3, 0.4) is 0 Å². The molecule has 2 aliphatic rings. The van der Waals surface area contributed by atoms with E-state index in [0.717, 1.165) is 25.8 Å². The molecule has 4 rings (SSSR count). The summed E-state index contributed by atoms with van der Waals surface area (Å²) >= 11 is 0. The molecule has 136 valence electrons. The number of H-pyrrole nitrogens is 1. The van der Waals surface area contributed by atoms with Crippen LogP contribution in [0, 0.1) is 17.2 Å². The van der Waals surface area contributed by atoms with Crippen LogP contribution in [0.25, 0.3) is 10.9 Å². The molecule has 1 amide bonds. The van der Waals surface area contributed by atoms with Crippen LogP contribution in [0.15, 0.2) is 24.4 Å². The zero-order valence-corrected chi connectivity index (χ0v) is 15.1. The molecule has 1 aliphatic carbocycles. The second-order valence-corrected chi connectivity index (χ2v) is 7.64. The van der Waals surface area contributed by atoms with E-state index < -0.39 is 0 Å². The molecule has 26 heavy (non-hydrogen) atoms. The highest BCUT2D eigenvalue weighted by Gasteiger charge is 2.41. The lowest BCUT2D eigenvalue weighted by Crippen LogP contribution is -2.56. The van der Waals surface area contributed by atoms with Crippen molar-refractivity contribution in [3.8, 4) is 6.07 Å². The maximum atomic E-state index is 11.5. The molecule has 2 unspecified atom stereocenters. The van der Waals surface area contributed by atoms with Crippen molar-refractivity contribution in [1.29, 1.82) is 5.26 Å². The lowest BCUT2D eigenvalue weighted by molar-refractivity contribution is -0.121. The fourth-order valence-corrected chi connectivity index (χ4v) is 4.95. The molecular formula is C20H25N5O. The molecule has 0 radical (unpaired) electrons. The third-order valence-corrected chi connectivity index (χ3v) is 6.24. The number of piperidine rings is 1. The Morgan fingerprint density at radius 3 is 3.15 bits per heavy atom. The largest absolute Gasteiger partial charge is 0.361 e. The Morgan fingerprint density at radius 2 is 2.38 bits per heavy atom. The number of amides is 1. The van der Waals surface area contributed by atoms with Gasteiger partial charge >= 0.3 is 0 Å². The summed E-state index contributed by atoms with van der Waals surface area (Å²) in [7, 11) is 2.16. The van der Waals surface area contributed by atoms with Gasteiger partial charge < -0.3 is 20.5 Å². The second-order valence-electron chi connectivity index (χ2n) is 7.64. The van der Waals surface area contributed by atoms with Crippen molar-refractivity contribution in [2.75, 3.05) is 20.1 Å². The minimum Gasteiger partial charge on any atom is -0.361 e. The standard InChI is InChI=1S/C20H25N5O/c1-24-11-14(20(22)25(12-26)7-3-6-21)8-16-15-4-2-5-17-19(15)13(10-23-17)9-18(16)24/h2,4-5,10,12,14,16,18,20,23H,3,7-9,11,22H2,1H3/t14?,16-,18-,20?/m1/s1. The number of hydrogen-bond acceptors (Lipinski definition) is 4. The average molecular weight is 351 g/mol. The number of nitrogens with one attached hydrogen (secondary N) is 1. The van der Waals surface area contributed by atoms with E-state index in [0.29, 0.717) is 24.9 Å². The number of hydrogen-bond donors (Lipinski definition) is 2. The highest BCUT2D eigenvalue weighted by molar-refractivity contribution is 5.88. The summed E-state index contributed by atoms with van der Waals surface area (Å²) in [6.45, 7) is 1.27. The van der Waals surface area contributed by atoms with E-state index in [1.54, 1.807) is 4.90 Å². The summed E-state index contributed by atoms with van der Waals surface area (Å²) in [6, 6.07) is 9.06. The summed E-state index contributed by atoms with van der Waals surface area (Å²) in [4.78, 5) is 18.9. The average Bonchev–Trinajstić information content (AvgIpc) is 3.07. The topological polar surface area (TPSA) is 89.2 Å². The number of fused-ring (bicyclic) bond motifs is 2. The van der Waals surface area contributed by atoms with Crippen molar-refractivity contribution < 1.29 is 4.79 Å². The van der Waals surface area contributed by atoms with Gasteiger partial charge in [0.05, 0.1) is 18.7 Å². The van der Waals surface area contributed by atoms with Crippen LogP contribution in [0.4, 0.5) is 0 Å². The number of carbonyl (C=O) groups is 1. The molecule has 2 aromatic rings. The van der Waals surface area contributed by atoms with Gasteiger partial charge in [0.15, 0.2) is 0 Å². The number of aromatic amines is 1. The summed E-state index contributed by atoms with van der Waals surface area (Å²) in [5, 5.41) is 10.2. The monoisotopic (exact) mass is 351 g/mol. The molecule has 1 aromatic heterocycles. The Hall–Kier alpha value is -2.36. The quantitative estimate of drug-likeness (QED) is 0.635. The molecule has 6 nitrogen and oxygen atoms in total. The Balaban J connectivity index is 1.63. The van der Waals surface area contributed by atoms with Crippen molar-refractivity contribution in [2.45, 2.75) is 37.4 Å². The van der Waals surface area contributed by atoms with Crippen molar-refractivity contribution in [3.05, 3.63) is 35.5 Å². The van der Waals surface area contributed by atoms with Crippen LogP contribution in [0.1, 0.15) is 29.9 Å². The number of likely N-dealkylation sites (N-methyl/N-ethyl adjacent to an activating group) is 1. The van der Waals surface area contributed by atoms with E-state index in [9.17, 15) is 4.79 Å². The van der Waals surface area contributed by atoms with Gasteiger partial charge in [-0.05, 0) is 37.1 Å². The Kier molecular flexibility index (Phi) is 4.43. The first-order chi connectivity index (χ1) is 12.6. The normalized spacial score (nSPS) is 26.1. The zero-order valence-electron chi connectivity index (χ0n) is 15.1. The van der Waals surface area contributed by atoms with Gasteiger partial charge in [0.25, 0.3) is 0 Å². The first kappa shape index (κ1) is 17.1. The smallest absolute Gasteiger partial charge is 0.210 e. The van der Waals surface area contributed by atoms with Crippen molar-refractivity contribution in [3.63, 3.8) is 0 Å². The van der Waals surface area contributed by atoms with E-state index in [4.69, 9.17) is 11.0 Å². The van der Waals surface area contributed by atoms with Crippen LogP contribution in [0.2, 0.25) is 0 Å². The molecule has 1 aliphatic heterocycles. The van der Waals surface area contributed by atoms with Gasteiger partial charge in [0.2, 0.25) is 6.41 Å². The summed E-state index contributed by atoms with van der Waals surface area (Å²) in [5.41, 5.74) is 10.4. The number of nitriles is 1. The van der Waals surface area contributed by atoms with Crippen LogP contribution in [-0.2, 0) is 11.2 Å². The predicted octanol–water partition coefficient (Wildman–Crippen LogP) is 1.78. The SMILES string of the molecule is CN1CC(C(N)N(C=O)CCC#N)C[C@@H]2c3cccc4[nH]cc(c34)C[C@H]21. The molecule has 4 atom stereocenters. The van der Waals surface area contributed by atoms with Gasteiger partial charge in [0.1, 0.15) is 0 Å². The number of nitrogens with two attached hydrogens (primary N) is 1. The third kappa shape index (κ3) is 2.68. The number of rotatable bonds is 5. The van der Waals surface area contributed by atoms with E-state index >= 15 is 0 Å². The van der Waals surface area contributed by atoms with E-state index in [1.807, 2.05) is 0 Å². The molecule has 1 saturated heterocycles. The highest BCUT2D eigenvalue weighted by atomic mass is 16.1. The highest BCUT2D eigenvalue weighted by Crippen LogP contribution is 2.44. The minimum atomic E-state index is -0.351. The van der Waals surface area contributed by atoms with Gasteiger partial charge in [-0.1, -0.05) is 12.1 Å². The molecule has 0 spiro atoms. The molecule has 0 saturated carbocycles. The number of likely N-dealkylation sites (tertiary alicyclic amines) is 1.